The molecular weight excluding hydrogens is 491 g/mol. The molecule has 1 fully saturated rings. The predicted octanol–water partition coefficient (Wildman–Crippen LogP) is 6.10. The third kappa shape index (κ3) is 6.01. The highest BCUT2D eigenvalue weighted by Gasteiger charge is 2.41. The van der Waals surface area contributed by atoms with Crippen LogP contribution in [0.1, 0.15) is 49.8 Å². The molecular formula is C30H32F3N3O2. The first kappa shape index (κ1) is 27.2. The van der Waals surface area contributed by atoms with E-state index in [0.29, 0.717) is 43.5 Å². The van der Waals surface area contributed by atoms with Gasteiger partial charge in [-0.3, -0.25) is 4.79 Å². The van der Waals surface area contributed by atoms with Gasteiger partial charge in [0.25, 0.3) is 0 Å². The molecule has 0 unspecified atom stereocenters. The number of carbonyl (C=O) groups is 2. The van der Waals surface area contributed by atoms with Crippen molar-refractivity contribution in [1.29, 1.82) is 0 Å². The van der Waals surface area contributed by atoms with Crippen LogP contribution in [0.3, 0.4) is 0 Å². The van der Waals surface area contributed by atoms with Crippen molar-refractivity contribution in [1.82, 2.24) is 15.5 Å². The maximum absolute atomic E-state index is 14.2. The normalized spacial score (nSPS) is 18.2. The van der Waals surface area contributed by atoms with Crippen LogP contribution in [0.2, 0.25) is 0 Å². The molecule has 5 nitrogen and oxygen atoms in total. The molecule has 0 aliphatic carbocycles. The van der Waals surface area contributed by atoms with Crippen molar-refractivity contribution >= 4 is 11.9 Å². The number of piperidine rings is 1. The zero-order valence-corrected chi connectivity index (χ0v) is 21.6. The first-order valence-corrected chi connectivity index (χ1v) is 12.8. The third-order valence-corrected chi connectivity index (χ3v) is 7.55. The van der Waals surface area contributed by atoms with Gasteiger partial charge >= 0.3 is 6.03 Å². The number of hydrogen-bond acceptors (Lipinski definition) is 2. The maximum atomic E-state index is 14.2. The lowest BCUT2D eigenvalue weighted by Gasteiger charge is -2.44. The average molecular weight is 524 g/mol. The molecule has 3 amide bonds. The Morgan fingerprint density at radius 3 is 2.32 bits per heavy atom. The highest BCUT2D eigenvalue weighted by Crippen LogP contribution is 2.42. The van der Waals surface area contributed by atoms with E-state index in [0.717, 1.165) is 17.2 Å². The van der Waals surface area contributed by atoms with E-state index in [1.165, 1.54) is 24.3 Å². The largest absolute Gasteiger partial charge is 0.341 e. The molecule has 200 valence electrons. The Balaban J connectivity index is 1.48. The second-order valence-corrected chi connectivity index (χ2v) is 9.83. The molecule has 3 aromatic carbocycles. The quantitative estimate of drug-likeness (QED) is 0.351. The van der Waals surface area contributed by atoms with E-state index in [-0.39, 0.29) is 30.2 Å². The number of likely N-dealkylation sites (tertiary alicyclic amines) is 1. The van der Waals surface area contributed by atoms with Crippen LogP contribution >= 0.6 is 0 Å². The van der Waals surface area contributed by atoms with Gasteiger partial charge in [0.2, 0.25) is 5.91 Å². The molecule has 2 atom stereocenters. The van der Waals surface area contributed by atoms with Crippen LogP contribution in [-0.2, 0) is 10.2 Å². The van der Waals surface area contributed by atoms with E-state index < -0.39 is 17.0 Å². The third-order valence-electron chi connectivity index (χ3n) is 7.55. The van der Waals surface area contributed by atoms with E-state index in [9.17, 15) is 22.8 Å². The van der Waals surface area contributed by atoms with E-state index in [4.69, 9.17) is 0 Å². The molecule has 38 heavy (non-hydrogen) atoms. The summed E-state index contributed by atoms with van der Waals surface area (Å²) in [4.78, 5) is 26.9. The first-order valence-electron chi connectivity index (χ1n) is 12.8. The van der Waals surface area contributed by atoms with E-state index in [1.807, 2.05) is 24.0 Å². The highest BCUT2D eigenvalue weighted by molar-refractivity contribution is 5.79. The summed E-state index contributed by atoms with van der Waals surface area (Å²) in [6, 6.07) is 16.7. The Bertz CT molecular complexity index is 1280. The summed E-state index contributed by atoms with van der Waals surface area (Å²) in [6.45, 7) is 2.95. The Morgan fingerprint density at radius 1 is 1.00 bits per heavy atom. The summed E-state index contributed by atoms with van der Waals surface area (Å²) >= 11 is 0. The topological polar surface area (TPSA) is 61.4 Å². The van der Waals surface area contributed by atoms with E-state index in [2.05, 4.69) is 10.6 Å². The molecule has 1 saturated heterocycles. The lowest BCUT2D eigenvalue weighted by molar-refractivity contribution is -0.138. The molecule has 1 aliphatic heterocycles. The molecule has 0 spiro atoms. The van der Waals surface area contributed by atoms with Gasteiger partial charge in [0.05, 0.1) is 6.04 Å². The van der Waals surface area contributed by atoms with Gasteiger partial charge in [-0.25, -0.2) is 18.0 Å². The van der Waals surface area contributed by atoms with E-state index >= 15 is 0 Å². The Kier molecular flexibility index (Phi) is 8.39. The zero-order valence-electron chi connectivity index (χ0n) is 21.6. The number of hydrogen-bond donors (Lipinski definition) is 2. The number of amides is 3. The van der Waals surface area contributed by atoms with Gasteiger partial charge in [-0.2, -0.15) is 0 Å². The van der Waals surface area contributed by atoms with Gasteiger partial charge in [0.15, 0.2) is 0 Å². The average Bonchev–Trinajstić information content (AvgIpc) is 2.91. The number of halogens is 3. The predicted molar refractivity (Wildman–Crippen MR) is 141 cm³/mol. The van der Waals surface area contributed by atoms with Crippen LogP contribution in [0.25, 0.3) is 11.1 Å². The van der Waals surface area contributed by atoms with Crippen molar-refractivity contribution in [3.63, 3.8) is 0 Å². The fraction of sp³-hybridized carbons (Fsp3) is 0.333. The molecule has 8 heteroatoms. The van der Waals surface area contributed by atoms with Gasteiger partial charge in [-0.15, -0.1) is 0 Å². The van der Waals surface area contributed by atoms with Crippen molar-refractivity contribution in [3.05, 3.63) is 95.3 Å². The maximum Gasteiger partial charge on any atom is 0.314 e. The number of benzene rings is 3. The van der Waals surface area contributed by atoms with Gasteiger partial charge < -0.3 is 15.5 Å². The number of urea groups is 1. The van der Waals surface area contributed by atoms with Crippen LogP contribution in [0.5, 0.6) is 0 Å². The minimum absolute atomic E-state index is 0.000918. The second kappa shape index (κ2) is 11.7. The first-order chi connectivity index (χ1) is 18.2. The lowest BCUT2D eigenvalue weighted by atomic mass is 9.69. The van der Waals surface area contributed by atoms with Crippen LogP contribution in [0, 0.1) is 17.5 Å². The van der Waals surface area contributed by atoms with Crippen molar-refractivity contribution < 1.29 is 22.8 Å². The van der Waals surface area contributed by atoms with Gasteiger partial charge in [-0.05, 0) is 67.1 Å². The molecule has 3 aromatic rings. The number of carbonyl (C=O) groups excluding carboxylic acids is 2. The highest BCUT2D eigenvalue weighted by atomic mass is 19.1. The molecule has 0 radical (unpaired) electrons. The van der Waals surface area contributed by atoms with Gasteiger partial charge in [-0.1, -0.05) is 36.4 Å². The van der Waals surface area contributed by atoms with Crippen LogP contribution < -0.4 is 10.6 Å². The minimum atomic E-state index is -0.625. The SMILES string of the molecule is CNC(=O)NCCC[C@]1(c2ccc(F)cc2)CCN([C@@H](C)c2ccc(-c3ccc(F)cc3F)cc2)C(=O)C1. The Hall–Kier alpha value is -3.81. The van der Waals surface area contributed by atoms with Crippen molar-refractivity contribution in [2.75, 3.05) is 20.1 Å². The zero-order chi connectivity index (χ0) is 27.3. The molecule has 1 aliphatic rings. The summed E-state index contributed by atoms with van der Waals surface area (Å²) in [5, 5.41) is 5.31. The molecule has 0 saturated carbocycles. The summed E-state index contributed by atoms with van der Waals surface area (Å²) in [5.41, 5.74) is 2.33. The number of nitrogens with one attached hydrogen (secondary N) is 2. The lowest BCUT2D eigenvalue weighted by Crippen LogP contribution is -2.47. The Labute approximate surface area is 221 Å². The molecule has 2 N–H and O–H groups in total. The van der Waals surface area contributed by atoms with Crippen LogP contribution in [-0.4, -0.2) is 37.0 Å². The van der Waals surface area contributed by atoms with Crippen molar-refractivity contribution in [2.24, 2.45) is 0 Å². The van der Waals surface area contributed by atoms with Crippen LogP contribution in [0.4, 0.5) is 18.0 Å². The Morgan fingerprint density at radius 2 is 1.68 bits per heavy atom. The van der Waals surface area contributed by atoms with Crippen molar-refractivity contribution in [3.8, 4) is 11.1 Å². The number of rotatable bonds is 8. The van der Waals surface area contributed by atoms with Crippen LogP contribution in [0.15, 0.2) is 66.7 Å². The smallest absolute Gasteiger partial charge is 0.314 e. The summed E-state index contributed by atoms with van der Waals surface area (Å²) < 4.78 is 41.1. The monoisotopic (exact) mass is 523 g/mol. The summed E-state index contributed by atoms with van der Waals surface area (Å²) in [5.74, 6) is -1.58. The van der Waals surface area contributed by atoms with E-state index in [1.54, 1.807) is 31.3 Å². The standard InChI is InChI=1S/C30H32F3N3O2/c1-20(21-4-6-22(7-5-21)26-13-12-25(32)18-27(26)33)36-17-15-30(19-28(36)37,14-3-16-35-29(38)34-2)23-8-10-24(31)11-9-23/h4-13,18,20H,3,14-17,19H2,1-2H3,(H2,34,35,38)/t20-,30-/m0/s1. The fourth-order valence-corrected chi connectivity index (χ4v) is 5.32. The number of nitrogens with zero attached hydrogens (tertiary/aromatic N) is 1. The molecule has 0 bridgehead atoms. The molecule has 0 aromatic heterocycles. The van der Waals surface area contributed by atoms with Crippen molar-refractivity contribution in [2.45, 2.75) is 44.1 Å². The van der Waals surface area contributed by atoms with Gasteiger partial charge in [0.1, 0.15) is 17.5 Å². The summed E-state index contributed by atoms with van der Waals surface area (Å²) in [6.07, 6.45) is 2.33. The fourth-order valence-electron chi connectivity index (χ4n) is 5.32. The molecule has 4 rings (SSSR count). The second-order valence-electron chi connectivity index (χ2n) is 9.83. The molecule has 1 heterocycles. The minimum Gasteiger partial charge on any atom is -0.341 e. The van der Waals surface area contributed by atoms with Gasteiger partial charge in [0, 0.05) is 43.6 Å². The summed E-state index contributed by atoms with van der Waals surface area (Å²) in [7, 11) is 1.56.